The normalized spacial score (nSPS) is 10.8. The summed E-state index contributed by atoms with van der Waals surface area (Å²) in [5.41, 5.74) is 2.15. The maximum absolute atomic E-state index is 12.3. The number of hydrogen-bond acceptors (Lipinski definition) is 3. The molecular formula is C18H18N2O3S. The first-order valence-corrected chi connectivity index (χ1v) is 8.88. The van der Waals surface area contributed by atoms with Crippen molar-refractivity contribution in [3.8, 4) is 12.3 Å². The summed E-state index contributed by atoms with van der Waals surface area (Å²) in [4.78, 5) is 12.4. The highest BCUT2D eigenvalue weighted by Gasteiger charge is 2.14. The van der Waals surface area contributed by atoms with Crippen LogP contribution >= 0.6 is 0 Å². The first kappa shape index (κ1) is 17.7. The van der Waals surface area contributed by atoms with Crippen LogP contribution in [0.5, 0.6) is 0 Å². The standard InChI is InChI=1S/C18H18N2O3S/c1-3-13-19-24(22,23)16-11-9-15(10-12-16)18(21)20-17-8-6-5-7-14(17)4-2/h1,5-12,19H,4,13H2,2H3,(H,20,21). The number of rotatable bonds is 6. The minimum absolute atomic E-state index is 0.0586. The second-order valence-electron chi connectivity index (χ2n) is 5.02. The summed E-state index contributed by atoms with van der Waals surface area (Å²) in [7, 11) is -3.66. The predicted octanol–water partition coefficient (Wildman–Crippen LogP) is 2.41. The number of carbonyl (C=O) groups excluding carboxylic acids is 1. The van der Waals surface area contributed by atoms with Gasteiger partial charge in [-0.1, -0.05) is 31.0 Å². The second kappa shape index (κ2) is 7.77. The van der Waals surface area contributed by atoms with Crippen LogP contribution in [0.25, 0.3) is 0 Å². The number of amides is 1. The smallest absolute Gasteiger partial charge is 0.255 e. The molecule has 24 heavy (non-hydrogen) atoms. The van der Waals surface area contributed by atoms with Crippen molar-refractivity contribution in [1.82, 2.24) is 4.72 Å². The number of anilines is 1. The largest absolute Gasteiger partial charge is 0.322 e. The number of nitrogens with one attached hydrogen (secondary N) is 2. The molecule has 2 N–H and O–H groups in total. The molecule has 0 saturated carbocycles. The van der Waals surface area contributed by atoms with Gasteiger partial charge in [-0.2, -0.15) is 4.72 Å². The van der Waals surface area contributed by atoms with Gasteiger partial charge >= 0.3 is 0 Å². The first-order valence-electron chi connectivity index (χ1n) is 7.40. The molecule has 0 spiro atoms. The van der Waals surface area contributed by atoms with Crippen LogP contribution < -0.4 is 10.0 Å². The van der Waals surface area contributed by atoms with E-state index in [1.165, 1.54) is 24.3 Å². The van der Waals surface area contributed by atoms with E-state index in [1.54, 1.807) is 0 Å². The molecule has 0 saturated heterocycles. The number of sulfonamides is 1. The Labute approximate surface area is 142 Å². The number of para-hydroxylation sites is 1. The van der Waals surface area contributed by atoms with E-state index in [-0.39, 0.29) is 17.3 Å². The summed E-state index contributed by atoms with van der Waals surface area (Å²) in [5.74, 6) is 1.91. The van der Waals surface area contributed by atoms with Crippen LogP contribution in [0.4, 0.5) is 5.69 Å². The van der Waals surface area contributed by atoms with Crippen molar-refractivity contribution in [3.63, 3.8) is 0 Å². The topological polar surface area (TPSA) is 75.3 Å². The Bertz CT molecular complexity index is 866. The van der Waals surface area contributed by atoms with Crippen molar-refractivity contribution in [2.45, 2.75) is 18.2 Å². The molecule has 0 bridgehead atoms. The summed E-state index contributed by atoms with van der Waals surface area (Å²) in [5, 5.41) is 2.84. The molecule has 0 heterocycles. The third kappa shape index (κ3) is 4.22. The van der Waals surface area contributed by atoms with Crippen LogP contribution in [0.2, 0.25) is 0 Å². The van der Waals surface area contributed by atoms with Gasteiger partial charge in [0.05, 0.1) is 11.4 Å². The Morgan fingerprint density at radius 3 is 2.42 bits per heavy atom. The van der Waals surface area contributed by atoms with E-state index in [2.05, 4.69) is 16.0 Å². The Balaban J connectivity index is 2.16. The molecular weight excluding hydrogens is 324 g/mol. The molecule has 0 unspecified atom stereocenters. The van der Waals surface area contributed by atoms with Gasteiger partial charge in [0.2, 0.25) is 10.0 Å². The predicted molar refractivity (Wildman–Crippen MR) is 94.2 cm³/mol. The minimum atomic E-state index is -3.66. The summed E-state index contributed by atoms with van der Waals surface area (Å²) >= 11 is 0. The second-order valence-corrected chi connectivity index (χ2v) is 6.78. The van der Waals surface area contributed by atoms with Crippen LogP contribution in [0, 0.1) is 12.3 Å². The lowest BCUT2D eigenvalue weighted by molar-refractivity contribution is 0.102. The van der Waals surface area contributed by atoms with E-state index in [0.29, 0.717) is 5.56 Å². The zero-order valence-corrected chi connectivity index (χ0v) is 14.1. The Morgan fingerprint density at radius 2 is 1.79 bits per heavy atom. The monoisotopic (exact) mass is 342 g/mol. The molecule has 0 aromatic heterocycles. The average Bonchev–Trinajstić information content (AvgIpc) is 2.60. The summed E-state index contributed by atoms with van der Waals surface area (Å²) < 4.78 is 26.1. The molecule has 0 aliphatic carbocycles. The van der Waals surface area contributed by atoms with Gasteiger partial charge in [0.1, 0.15) is 0 Å². The third-order valence-corrected chi connectivity index (χ3v) is 4.85. The van der Waals surface area contributed by atoms with E-state index in [0.717, 1.165) is 17.7 Å². The number of hydrogen-bond donors (Lipinski definition) is 2. The number of aryl methyl sites for hydroxylation is 1. The van der Waals surface area contributed by atoms with E-state index in [9.17, 15) is 13.2 Å². The van der Waals surface area contributed by atoms with Crippen LogP contribution in [0.15, 0.2) is 53.4 Å². The van der Waals surface area contributed by atoms with Crippen molar-refractivity contribution in [3.05, 3.63) is 59.7 Å². The molecule has 6 heteroatoms. The van der Waals surface area contributed by atoms with Crippen LogP contribution in [-0.2, 0) is 16.4 Å². The molecule has 0 aliphatic rings. The van der Waals surface area contributed by atoms with Gasteiger partial charge in [-0.05, 0) is 42.3 Å². The zero-order chi connectivity index (χ0) is 17.6. The van der Waals surface area contributed by atoms with Crippen LogP contribution in [-0.4, -0.2) is 20.9 Å². The van der Waals surface area contributed by atoms with Crippen LogP contribution in [0.1, 0.15) is 22.8 Å². The molecule has 2 aromatic carbocycles. The quantitative estimate of drug-likeness (QED) is 0.792. The van der Waals surface area contributed by atoms with Crippen molar-refractivity contribution in [2.24, 2.45) is 0 Å². The Kier molecular flexibility index (Phi) is 5.74. The third-order valence-electron chi connectivity index (χ3n) is 3.44. The van der Waals surface area contributed by atoms with Crippen molar-refractivity contribution >= 4 is 21.6 Å². The molecule has 0 aliphatic heterocycles. The minimum Gasteiger partial charge on any atom is -0.322 e. The fraction of sp³-hybridized carbons (Fsp3) is 0.167. The molecule has 1 amide bonds. The van der Waals surface area contributed by atoms with Crippen molar-refractivity contribution < 1.29 is 13.2 Å². The average molecular weight is 342 g/mol. The lowest BCUT2D eigenvalue weighted by atomic mass is 10.1. The Hall–Kier alpha value is -2.62. The highest BCUT2D eigenvalue weighted by Crippen LogP contribution is 2.17. The van der Waals surface area contributed by atoms with E-state index in [4.69, 9.17) is 6.42 Å². The number of terminal acetylenes is 1. The van der Waals surface area contributed by atoms with Gasteiger partial charge in [0, 0.05) is 11.3 Å². The van der Waals surface area contributed by atoms with E-state index in [1.807, 2.05) is 31.2 Å². The molecule has 0 atom stereocenters. The van der Waals surface area contributed by atoms with Gasteiger partial charge < -0.3 is 5.32 Å². The molecule has 2 aromatic rings. The SMILES string of the molecule is C#CCNS(=O)(=O)c1ccc(C(=O)Nc2ccccc2CC)cc1. The van der Waals surface area contributed by atoms with Crippen molar-refractivity contribution in [2.75, 3.05) is 11.9 Å². The maximum atomic E-state index is 12.3. The van der Waals surface area contributed by atoms with Gasteiger partial charge in [0.15, 0.2) is 0 Å². The fourth-order valence-corrected chi connectivity index (χ4v) is 3.08. The van der Waals surface area contributed by atoms with Crippen molar-refractivity contribution in [1.29, 1.82) is 0 Å². The first-order chi connectivity index (χ1) is 11.5. The number of carbonyl (C=O) groups is 1. The molecule has 5 nitrogen and oxygen atoms in total. The van der Waals surface area contributed by atoms with Gasteiger partial charge in [-0.15, -0.1) is 6.42 Å². The summed E-state index contributed by atoms with van der Waals surface area (Å²) in [6, 6.07) is 13.2. The lowest BCUT2D eigenvalue weighted by Crippen LogP contribution is -2.24. The summed E-state index contributed by atoms with van der Waals surface area (Å²) in [6.45, 7) is 1.92. The van der Waals surface area contributed by atoms with Gasteiger partial charge in [-0.25, -0.2) is 8.42 Å². The molecule has 124 valence electrons. The molecule has 0 radical (unpaired) electrons. The van der Waals surface area contributed by atoms with Gasteiger partial charge in [-0.3, -0.25) is 4.79 Å². The highest BCUT2D eigenvalue weighted by atomic mass is 32.2. The number of benzene rings is 2. The van der Waals surface area contributed by atoms with E-state index >= 15 is 0 Å². The Morgan fingerprint density at radius 1 is 1.12 bits per heavy atom. The zero-order valence-electron chi connectivity index (χ0n) is 13.2. The highest BCUT2D eigenvalue weighted by molar-refractivity contribution is 7.89. The van der Waals surface area contributed by atoms with E-state index < -0.39 is 10.0 Å². The lowest BCUT2D eigenvalue weighted by Gasteiger charge is -2.10. The van der Waals surface area contributed by atoms with Crippen LogP contribution in [0.3, 0.4) is 0 Å². The molecule has 0 fully saturated rings. The maximum Gasteiger partial charge on any atom is 0.255 e. The fourth-order valence-electron chi connectivity index (χ4n) is 2.15. The molecule has 2 rings (SSSR count). The summed E-state index contributed by atoms with van der Waals surface area (Å²) in [6.07, 6.45) is 5.84. The van der Waals surface area contributed by atoms with Gasteiger partial charge in [0.25, 0.3) is 5.91 Å².